The summed E-state index contributed by atoms with van der Waals surface area (Å²) in [6.07, 6.45) is 0. The van der Waals surface area contributed by atoms with Crippen molar-refractivity contribution >= 4 is 11.9 Å². The topological polar surface area (TPSA) is 57.6 Å². The highest BCUT2D eigenvalue weighted by molar-refractivity contribution is 5.91. The number of nitrogens with zero attached hydrogens (tertiary/aromatic N) is 1. The highest BCUT2D eigenvalue weighted by atomic mass is 19.1. The van der Waals surface area contributed by atoms with Gasteiger partial charge < -0.3 is 10.0 Å². The van der Waals surface area contributed by atoms with E-state index in [-0.39, 0.29) is 18.0 Å². The van der Waals surface area contributed by atoms with Gasteiger partial charge in [-0.15, -0.1) is 0 Å². The number of carboxylic acids is 1. The van der Waals surface area contributed by atoms with Crippen molar-refractivity contribution < 1.29 is 23.5 Å². The molecule has 0 saturated heterocycles. The first kappa shape index (κ1) is 15.4. The predicted octanol–water partition coefficient (Wildman–Crippen LogP) is 2.28. The minimum absolute atomic E-state index is 0.0239. The fourth-order valence-electron chi connectivity index (χ4n) is 2.78. The summed E-state index contributed by atoms with van der Waals surface area (Å²) in [6, 6.07) is 3.16. The Kier molecular flexibility index (Phi) is 3.74. The molecule has 2 atom stereocenters. The van der Waals surface area contributed by atoms with Crippen LogP contribution in [-0.4, -0.2) is 28.9 Å². The van der Waals surface area contributed by atoms with Crippen LogP contribution in [0.15, 0.2) is 18.2 Å². The molecule has 0 heterocycles. The SMILES string of the molecule is CN(Cc1ccc(F)cc1F)C(=O)C1C(C(=O)O)C1(C)C. The molecule has 114 valence electrons. The van der Waals surface area contributed by atoms with Crippen LogP contribution < -0.4 is 0 Å². The number of halogens is 2. The molecule has 2 unspecified atom stereocenters. The van der Waals surface area contributed by atoms with Crippen LogP contribution in [0.5, 0.6) is 0 Å². The van der Waals surface area contributed by atoms with Crippen LogP contribution in [0.2, 0.25) is 0 Å². The second-order valence-corrected chi connectivity index (χ2v) is 6.04. The van der Waals surface area contributed by atoms with Crippen molar-refractivity contribution in [2.45, 2.75) is 20.4 Å². The standard InChI is InChI=1S/C15H17F2NO3/c1-15(2)11(12(15)14(20)21)13(19)18(3)7-8-4-5-9(16)6-10(8)17/h4-6,11-12H,7H2,1-3H3,(H,20,21). The van der Waals surface area contributed by atoms with E-state index in [0.717, 1.165) is 12.1 Å². The zero-order valence-electron chi connectivity index (χ0n) is 12.1. The van der Waals surface area contributed by atoms with E-state index in [9.17, 15) is 18.4 Å². The molecular weight excluding hydrogens is 280 g/mol. The van der Waals surface area contributed by atoms with Crippen molar-refractivity contribution in [1.82, 2.24) is 4.90 Å². The molecule has 0 radical (unpaired) electrons. The molecule has 1 fully saturated rings. The molecule has 6 heteroatoms. The Morgan fingerprint density at radius 3 is 2.38 bits per heavy atom. The Morgan fingerprint density at radius 2 is 1.90 bits per heavy atom. The van der Waals surface area contributed by atoms with E-state index < -0.39 is 34.9 Å². The summed E-state index contributed by atoms with van der Waals surface area (Å²) < 4.78 is 26.4. The second kappa shape index (κ2) is 5.09. The summed E-state index contributed by atoms with van der Waals surface area (Å²) in [6.45, 7) is 3.42. The molecular formula is C15H17F2NO3. The minimum atomic E-state index is -1.00. The highest BCUT2D eigenvalue weighted by Gasteiger charge is 2.66. The van der Waals surface area contributed by atoms with Gasteiger partial charge in [-0.05, 0) is 11.5 Å². The third-order valence-corrected chi connectivity index (χ3v) is 4.16. The quantitative estimate of drug-likeness (QED) is 0.927. The molecule has 2 rings (SSSR count). The van der Waals surface area contributed by atoms with Gasteiger partial charge in [-0.3, -0.25) is 9.59 Å². The van der Waals surface area contributed by atoms with Crippen LogP contribution in [0.25, 0.3) is 0 Å². The van der Waals surface area contributed by atoms with Crippen molar-refractivity contribution in [1.29, 1.82) is 0 Å². The van der Waals surface area contributed by atoms with E-state index in [2.05, 4.69) is 0 Å². The maximum atomic E-state index is 13.6. The number of hydrogen-bond donors (Lipinski definition) is 1. The summed E-state index contributed by atoms with van der Waals surface area (Å²) in [5.74, 6) is -4.07. The molecule has 1 aromatic carbocycles. The van der Waals surface area contributed by atoms with Crippen molar-refractivity contribution in [3.05, 3.63) is 35.4 Å². The van der Waals surface area contributed by atoms with Gasteiger partial charge in [-0.25, -0.2) is 8.78 Å². The van der Waals surface area contributed by atoms with E-state index in [1.807, 2.05) is 0 Å². The number of carbonyl (C=O) groups excluding carboxylic acids is 1. The van der Waals surface area contributed by atoms with Gasteiger partial charge in [0, 0.05) is 25.2 Å². The van der Waals surface area contributed by atoms with Gasteiger partial charge in [0.1, 0.15) is 11.6 Å². The first-order valence-electron chi connectivity index (χ1n) is 6.58. The van der Waals surface area contributed by atoms with Gasteiger partial charge in [-0.1, -0.05) is 19.9 Å². The third kappa shape index (κ3) is 2.75. The lowest BCUT2D eigenvalue weighted by atomic mass is 10.1. The number of carbonyl (C=O) groups is 2. The Bertz CT molecular complexity index is 601. The summed E-state index contributed by atoms with van der Waals surface area (Å²) in [7, 11) is 1.48. The molecule has 0 aromatic heterocycles. The molecule has 1 aliphatic carbocycles. The Morgan fingerprint density at radius 1 is 1.29 bits per heavy atom. The summed E-state index contributed by atoms with van der Waals surface area (Å²) in [5, 5.41) is 9.08. The van der Waals surface area contributed by atoms with Crippen LogP contribution in [-0.2, 0) is 16.1 Å². The maximum Gasteiger partial charge on any atom is 0.307 e. The fraction of sp³-hybridized carbons (Fsp3) is 0.467. The molecule has 21 heavy (non-hydrogen) atoms. The zero-order valence-corrected chi connectivity index (χ0v) is 12.1. The van der Waals surface area contributed by atoms with Crippen molar-refractivity contribution in [2.75, 3.05) is 7.05 Å². The van der Waals surface area contributed by atoms with Crippen molar-refractivity contribution in [3.8, 4) is 0 Å². The summed E-state index contributed by atoms with van der Waals surface area (Å²) in [4.78, 5) is 24.7. The fourth-order valence-corrected chi connectivity index (χ4v) is 2.78. The number of amides is 1. The molecule has 0 bridgehead atoms. The van der Waals surface area contributed by atoms with E-state index in [4.69, 9.17) is 5.11 Å². The average Bonchev–Trinajstić information content (AvgIpc) is 2.95. The summed E-state index contributed by atoms with van der Waals surface area (Å²) in [5.41, 5.74) is -0.406. The van der Waals surface area contributed by atoms with Crippen LogP contribution in [0, 0.1) is 28.9 Å². The number of hydrogen-bond acceptors (Lipinski definition) is 2. The second-order valence-electron chi connectivity index (χ2n) is 6.04. The molecule has 0 spiro atoms. The van der Waals surface area contributed by atoms with Gasteiger partial charge >= 0.3 is 5.97 Å². The smallest absolute Gasteiger partial charge is 0.307 e. The molecule has 1 saturated carbocycles. The molecule has 0 aliphatic heterocycles. The average molecular weight is 297 g/mol. The van der Waals surface area contributed by atoms with E-state index in [0.29, 0.717) is 0 Å². The number of aliphatic carboxylic acids is 1. The lowest BCUT2D eigenvalue weighted by Crippen LogP contribution is -2.30. The first-order valence-corrected chi connectivity index (χ1v) is 6.58. The van der Waals surface area contributed by atoms with Gasteiger partial charge in [0.15, 0.2) is 0 Å². The normalized spacial score (nSPS) is 22.7. The number of rotatable bonds is 4. The molecule has 4 nitrogen and oxygen atoms in total. The van der Waals surface area contributed by atoms with Crippen molar-refractivity contribution in [3.63, 3.8) is 0 Å². The minimum Gasteiger partial charge on any atom is -0.481 e. The van der Waals surface area contributed by atoms with E-state index >= 15 is 0 Å². The zero-order chi connectivity index (χ0) is 15.9. The molecule has 1 aliphatic rings. The largest absolute Gasteiger partial charge is 0.481 e. The molecule has 1 amide bonds. The summed E-state index contributed by atoms with van der Waals surface area (Å²) >= 11 is 0. The van der Waals surface area contributed by atoms with Crippen LogP contribution in [0.3, 0.4) is 0 Å². The van der Waals surface area contributed by atoms with E-state index in [1.165, 1.54) is 18.0 Å². The van der Waals surface area contributed by atoms with Gasteiger partial charge in [0.25, 0.3) is 0 Å². The predicted molar refractivity (Wildman–Crippen MR) is 71.2 cm³/mol. The molecule has 1 N–H and O–H groups in total. The highest BCUT2D eigenvalue weighted by Crippen LogP contribution is 2.59. The Balaban J connectivity index is 2.09. The van der Waals surface area contributed by atoms with Crippen LogP contribution in [0.4, 0.5) is 8.78 Å². The van der Waals surface area contributed by atoms with E-state index in [1.54, 1.807) is 13.8 Å². The van der Waals surface area contributed by atoms with Gasteiger partial charge in [-0.2, -0.15) is 0 Å². The lowest BCUT2D eigenvalue weighted by Gasteiger charge is -2.18. The molecule has 1 aromatic rings. The van der Waals surface area contributed by atoms with Crippen molar-refractivity contribution in [2.24, 2.45) is 17.3 Å². The number of carboxylic acid groups (broad SMARTS) is 1. The lowest BCUT2D eigenvalue weighted by molar-refractivity contribution is -0.141. The third-order valence-electron chi connectivity index (χ3n) is 4.16. The van der Waals surface area contributed by atoms with Crippen LogP contribution in [0.1, 0.15) is 19.4 Å². The maximum absolute atomic E-state index is 13.6. The monoisotopic (exact) mass is 297 g/mol. The number of benzene rings is 1. The van der Waals surface area contributed by atoms with Crippen LogP contribution >= 0.6 is 0 Å². The van der Waals surface area contributed by atoms with Gasteiger partial charge in [0.05, 0.1) is 11.8 Å². The Hall–Kier alpha value is -1.98. The first-order chi connectivity index (χ1) is 9.66. The van der Waals surface area contributed by atoms with Gasteiger partial charge in [0.2, 0.25) is 5.91 Å². The Labute approximate surface area is 121 Å².